The first-order chi connectivity index (χ1) is 5.41. The average molecular weight is 245 g/mol. The number of thioether (sulfide) groups is 2. The minimum absolute atomic E-state index is 0.122. The summed E-state index contributed by atoms with van der Waals surface area (Å²) in [6.07, 6.45) is 0. The highest BCUT2D eigenvalue weighted by molar-refractivity contribution is 8.52. The smallest absolute Gasteiger partial charge is 0.140 e. The van der Waals surface area contributed by atoms with E-state index in [1.165, 1.54) is 0 Å². The third-order valence-electron chi connectivity index (χ3n) is 0.757. The first-order valence-corrected chi connectivity index (χ1v) is 6.79. The molecule has 0 aromatic carbocycles. The van der Waals surface area contributed by atoms with Crippen LogP contribution in [0.15, 0.2) is 0 Å². The van der Waals surface area contributed by atoms with Crippen LogP contribution in [0.2, 0.25) is 0 Å². The first kappa shape index (κ1) is 15.9. The molecule has 0 amide bonds. The summed E-state index contributed by atoms with van der Waals surface area (Å²) >= 11 is 12.0. The van der Waals surface area contributed by atoms with Gasteiger partial charge in [0.2, 0.25) is 0 Å². The number of hydrogen-bond donors (Lipinski definition) is 2. The van der Waals surface area contributed by atoms with Crippen LogP contribution >= 0.6 is 48.8 Å². The maximum Gasteiger partial charge on any atom is 0.150 e. The number of rotatable bonds is 0. The van der Waals surface area contributed by atoms with Crippen LogP contribution in [0.5, 0.6) is 0 Å². The van der Waals surface area contributed by atoms with Gasteiger partial charge in [-0.15, -0.1) is 48.8 Å². The van der Waals surface area contributed by atoms with Gasteiger partial charge in [-0.05, 0) is 13.8 Å². The Morgan fingerprint density at radius 2 is 1.08 bits per heavy atom. The van der Waals surface area contributed by atoms with Gasteiger partial charge in [-0.2, -0.15) is 0 Å². The zero-order chi connectivity index (χ0) is 10.4. The second-order valence-corrected chi connectivity index (χ2v) is 9.25. The Labute approximate surface area is 96.9 Å². The molecule has 0 aromatic rings. The molecule has 0 aliphatic carbocycles. The molecule has 0 atom stereocenters. The van der Waals surface area contributed by atoms with Gasteiger partial charge >= 0.3 is 0 Å². The molecule has 0 nitrogen and oxygen atoms in total. The maximum absolute atomic E-state index is 4.24. The Bertz CT molecular complexity index is 87.6. The van der Waals surface area contributed by atoms with E-state index in [1.807, 2.05) is 27.7 Å². The fourth-order valence-corrected chi connectivity index (χ4v) is 7.17. The summed E-state index contributed by atoms with van der Waals surface area (Å²) in [6.45, 7) is 12.3. The van der Waals surface area contributed by atoms with Gasteiger partial charge in [-0.25, -0.2) is 0 Å². The second-order valence-electron chi connectivity index (χ2n) is 2.15. The fraction of sp³-hybridized carbons (Fsp3) is 1.00. The lowest BCUT2D eigenvalue weighted by molar-refractivity contribution is 1.01. The van der Waals surface area contributed by atoms with Crippen molar-refractivity contribution in [3.63, 3.8) is 0 Å². The highest BCUT2D eigenvalue weighted by Crippen LogP contribution is 2.67. The van der Waals surface area contributed by atoms with Crippen LogP contribution in [0.3, 0.4) is 0 Å². The predicted octanol–water partition coefficient (Wildman–Crippen LogP) is 4.73. The van der Waals surface area contributed by atoms with Gasteiger partial charge in [-0.3, -0.25) is 0 Å². The summed E-state index contributed by atoms with van der Waals surface area (Å²) in [5.41, 5.74) is 0. The summed E-state index contributed by atoms with van der Waals surface area (Å²) in [7, 11) is 0. The lowest BCUT2D eigenvalue weighted by atomic mass is 10.5. The van der Waals surface area contributed by atoms with Crippen LogP contribution < -0.4 is 0 Å². The van der Waals surface area contributed by atoms with Gasteiger partial charge in [0, 0.05) is 0 Å². The molecule has 0 bridgehead atoms. The largest absolute Gasteiger partial charge is 0.150 e. The Balaban J connectivity index is 0. The molecule has 76 valence electrons. The topological polar surface area (TPSA) is 0 Å². The minimum Gasteiger partial charge on any atom is -0.140 e. The zero-order valence-corrected chi connectivity index (χ0v) is 12.1. The first-order valence-electron chi connectivity index (χ1n) is 4.26. The maximum atomic E-state index is 4.24. The molecule has 0 saturated carbocycles. The summed E-state index contributed by atoms with van der Waals surface area (Å²) in [5, 5.41) is 0. The van der Waals surface area contributed by atoms with Gasteiger partial charge in [0.25, 0.3) is 0 Å². The number of hydrogen-bond acceptors (Lipinski definition) is 4. The molecule has 1 aliphatic heterocycles. The van der Waals surface area contributed by atoms with Crippen molar-refractivity contribution in [1.29, 1.82) is 0 Å². The monoisotopic (exact) mass is 244 g/mol. The third-order valence-corrected chi connectivity index (χ3v) is 4.37. The average Bonchev–Trinajstić information content (AvgIpc) is 1.90. The standard InChI is InChI=1S/C4H8S4.2C2H6/c1-3(2)7-4(5,6)8-3;2*1-2/h5-6H,1-2H3;2*1-2H3. The van der Waals surface area contributed by atoms with Gasteiger partial charge < -0.3 is 0 Å². The molecule has 1 rings (SSSR count). The fourth-order valence-electron chi connectivity index (χ4n) is 0.648. The molecule has 1 heterocycles. The Hall–Kier alpha value is 1.40. The van der Waals surface area contributed by atoms with E-state index in [0.29, 0.717) is 4.08 Å². The van der Waals surface area contributed by atoms with Crippen LogP contribution in [0.25, 0.3) is 0 Å². The van der Waals surface area contributed by atoms with Gasteiger partial charge in [-0.1, -0.05) is 27.7 Å². The molecule has 0 aromatic heterocycles. The summed E-state index contributed by atoms with van der Waals surface area (Å²) in [4.78, 5) is 0. The van der Waals surface area contributed by atoms with Crippen LogP contribution in [0.4, 0.5) is 0 Å². The van der Waals surface area contributed by atoms with Crippen molar-refractivity contribution in [3.8, 4) is 0 Å². The molecule has 1 aliphatic rings. The highest BCUT2D eigenvalue weighted by atomic mass is 32.3. The quantitative estimate of drug-likeness (QED) is 0.467. The van der Waals surface area contributed by atoms with Crippen molar-refractivity contribution in [2.75, 3.05) is 0 Å². The van der Waals surface area contributed by atoms with E-state index in [1.54, 1.807) is 23.5 Å². The van der Waals surface area contributed by atoms with Crippen molar-refractivity contribution in [2.24, 2.45) is 0 Å². The Morgan fingerprint density at radius 3 is 1.08 bits per heavy atom. The SMILES string of the molecule is CC.CC.CC1(C)SC(S)(S)S1. The zero-order valence-electron chi connectivity index (χ0n) is 8.71. The van der Waals surface area contributed by atoms with Crippen molar-refractivity contribution in [2.45, 2.75) is 48.4 Å². The molecule has 1 saturated heterocycles. The lowest BCUT2D eigenvalue weighted by Gasteiger charge is -2.45. The van der Waals surface area contributed by atoms with E-state index >= 15 is 0 Å². The van der Waals surface area contributed by atoms with Crippen LogP contribution in [0, 0.1) is 0 Å². The highest BCUT2D eigenvalue weighted by Gasteiger charge is 2.46. The van der Waals surface area contributed by atoms with Crippen LogP contribution in [-0.2, 0) is 0 Å². The van der Waals surface area contributed by atoms with E-state index in [0.717, 1.165) is 0 Å². The molecule has 0 N–H and O–H groups in total. The lowest BCUT2D eigenvalue weighted by Crippen LogP contribution is -2.31. The second kappa shape index (κ2) is 6.80. The molecule has 4 heteroatoms. The van der Waals surface area contributed by atoms with Gasteiger partial charge in [0.15, 0.2) is 2.74 Å². The minimum atomic E-state index is -0.122. The predicted molar refractivity (Wildman–Crippen MR) is 72.7 cm³/mol. The van der Waals surface area contributed by atoms with Crippen molar-refractivity contribution in [3.05, 3.63) is 0 Å². The van der Waals surface area contributed by atoms with Gasteiger partial charge in [0.05, 0.1) is 4.08 Å². The van der Waals surface area contributed by atoms with E-state index in [4.69, 9.17) is 0 Å². The molecule has 12 heavy (non-hydrogen) atoms. The van der Waals surface area contributed by atoms with Gasteiger partial charge in [0.1, 0.15) is 0 Å². The molecule has 0 radical (unpaired) electrons. The van der Waals surface area contributed by atoms with Crippen molar-refractivity contribution < 1.29 is 0 Å². The van der Waals surface area contributed by atoms with Crippen molar-refractivity contribution >= 4 is 48.8 Å². The Morgan fingerprint density at radius 1 is 0.833 bits per heavy atom. The van der Waals surface area contributed by atoms with Crippen molar-refractivity contribution in [1.82, 2.24) is 0 Å². The van der Waals surface area contributed by atoms with E-state index < -0.39 is 0 Å². The van der Waals surface area contributed by atoms with Crippen LogP contribution in [-0.4, -0.2) is 6.82 Å². The molecular formula is C8H20S4. The summed E-state index contributed by atoms with van der Waals surface area (Å²) < 4.78 is 0.215. The third kappa shape index (κ3) is 6.87. The summed E-state index contributed by atoms with van der Waals surface area (Å²) in [6, 6.07) is 0. The molecule has 0 spiro atoms. The van der Waals surface area contributed by atoms with Crippen LogP contribution in [0.1, 0.15) is 41.5 Å². The Kier molecular flexibility index (Phi) is 8.98. The normalized spacial score (nSPS) is 22.0. The molecular weight excluding hydrogens is 224 g/mol. The van der Waals surface area contributed by atoms with E-state index in [2.05, 4.69) is 39.1 Å². The number of thiol groups is 2. The van der Waals surface area contributed by atoms with E-state index in [-0.39, 0.29) is 2.74 Å². The molecule has 1 fully saturated rings. The molecule has 0 unspecified atom stereocenters. The van der Waals surface area contributed by atoms with E-state index in [9.17, 15) is 0 Å². The summed E-state index contributed by atoms with van der Waals surface area (Å²) in [5.74, 6) is 0.